The van der Waals surface area contributed by atoms with Crippen LogP contribution in [0.3, 0.4) is 0 Å². The van der Waals surface area contributed by atoms with Crippen LogP contribution in [0.4, 0.5) is 0 Å². The fraction of sp³-hybridized carbons (Fsp3) is 0.538. The minimum absolute atomic E-state index is 0.0550. The summed E-state index contributed by atoms with van der Waals surface area (Å²) in [6.07, 6.45) is 3.16. The van der Waals surface area contributed by atoms with E-state index in [0.29, 0.717) is 5.69 Å². The zero-order valence-electron chi connectivity index (χ0n) is 10.2. The highest BCUT2D eigenvalue weighted by atomic mass is 16.1. The van der Waals surface area contributed by atoms with Gasteiger partial charge in [-0.15, -0.1) is 0 Å². The van der Waals surface area contributed by atoms with Crippen LogP contribution in [0.1, 0.15) is 35.4 Å². The van der Waals surface area contributed by atoms with Gasteiger partial charge in [-0.25, -0.2) is 4.98 Å². The van der Waals surface area contributed by atoms with Gasteiger partial charge in [0.15, 0.2) is 0 Å². The SMILES string of the molecule is Cc1cccc(C(=O)NC2CCCNCC2)n1. The number of aromatic nitrogens is 1. The van der Waals surface area contributed by atoms with E-state index in [1.165, 1.54) is 0 Å². The summed E-state index contributed by atoms with van der Waals surface area (Å²) in [7, 11) is 0. The molecule has 1 atom stereocenters. The first-order chi connectivity index (χ1) is 8.25. The van der Waals surface area contributed by atoms with E-state index in [2.05, 4.69) is 15.6 Å². The van der Waals surface area contributed by atoms with Gasteiger partial charge in [-0.1, -0.05) is 6.07 Å². The highest BCUT2D eigenvalue weighted by molar-refractivity contribution is 5.92. The fourth-order valence-corrected chi connectivity index (χ4v) is 2.09. The van der Waals surface area contributed by atoms with Crippen molar-refractivity contribution in [2.45, 2.75) is 32.2 Å². The van der Waals surface area contributed by atoms with Crippen LogP contribution in [0.25, 0.3) is 0 Å². The standard InChI is InChI=1S/C13H19N3O/c1-10-4-2-6-12(15-10)13(17)16-11-5-3-8-14-9-7-11/h2,4,6,11,14H,3,5,7-9H2,1H3,(H,16,17). The second-order valence-corrected chi connectivity index (χ2v) is 4.52. The molecule has 1 saturated heterocycles. The van der Waals surface area contributed by atoms with Crippen LogP contribution in [0.2, 0.25) is 0 Å². The van der Waals surface area contributed by atoms with Gasteiger partial charge in [0, 0.05) is 11.7 Å². The van der Waals surface area contributed by atoms with E-state index in [1.54, 1.807) is 6.07 Å². The minimum Gasteiger partial charge on any atom is -0.348 e. The summed E-state index contributed by atoms with van der Waals surface area (Å²) in [5.74, 6) is -0.0550. The molecule has 4 nitrogen and oxygen atoms in total. The van der Waals surface area contributed by atoms with Crippen LogP contribution in [0, 0.1) is 6.92 Å². The molecule has 0 radical (unpaired) electrons. The highest BCUT2D eigenvalue weighted by Crippen LogP contribution is 2.06. The molecule has 1 aliphatic rings. The Morgan fingerprint density at radius 2 is 2.29 bits per heavy atom. The lowest BCUT2D eigenvalue weighted by Crippen LogP contribution is -2.35. The van der Waals surface area contributed by atoms with E-state index in [-0.39, 0.29) is 11.9 Å². The lowest BCUT2D eigenvalue weighted by atomic mass is 10.1. The van der Waals surface area contributed by atoms with Crippen molar-refractivity contribution >= 4 is 5.91 Å². The number of amides is 1. The van der Waals surface area contributed by atoms with Gasteiger partial charge in [0.05, 0.1) is 0 Å². The Morgan fingerprint density at radius 1 is 1.41 bits per heavy atom. The molecule has 2 N–H and O–H groups in total. The zero-order valence-corrected chi connectivity index (χ0v) is 10.2. The third-order valence-electron chi connectivity index (χ3n) is 3.03. The molecule has 1 aromatic rings. The second kappa shape index (κ2) is 5.77. The predicted octanol–water partition coefficient (Wildman–Crippen LogP) is 1.26. The Morgan fingerprint density at radius 3 is 3.12 bits per heavy atom. The van der Waals surface area contributed by atoms with E-state index in [4.69, 9.17) is 0 Å². The summed E-state index contributed by atoms with van der Waals surface area (Å²) in [4.78, 5) is 16.2. The maximum Gasteiger partial charge on any atom is 0.270 e. The lowest BCUT2D eigenvalue weighted by molar-refractivity contribution is 0.0929. The van der Waals surface area contributed by atoms with Crippen molar-refractivity contribution in [1.29, 1.82) is 0 Å². The third-order valence-corrected chi connectivity index (χ3v) is 3.03. The monoisotopic (exact) mass is 233 g/mol. The highest BCUT2D eigenvalue weighted by Gasteiger charge is 2.16. The first-order valence-electron chi connectivity index (χ1n) is 6.21. The molecule has 2 rings (SSSR count). The predicted molar refractivity (Wildman–Crippen MR) is 66.9 cm³/mol. The number of nitrogens with one attached hydrogen (secondary N) is 2. The van der Waals surface area contributed by atoms with Gasteiger partial charge >= 0.3 is 0 Å². The summed E-state index contributed by atoms with van der Waals surface area (Å²) >= 11 is 0. The first-order valence-corrected chi connectivity index (χ1v) is 6.21. The number of carbonyl (C=O) groups is 1. The summed E-state index contributed by atoms with van der Waals surface area (Å²) in [5, 5.41) is 6.39. The summed E-state index contributed by atoms with van der Waals surface area (Å²) in [6.45, 7) is 3.92. The third kappa shape index (κ3) is 3.53. The molecule has 1 unspecified atom stereocenters. The van der Waals surface area contributed by atoms with Gasteiger partial charge in [-0.2, -0.15) is 0 Å². The Bertz CT molecular complexity index is 384. The molecule has 1 aromatic heterocycles. The van der Waals surface area contributed by atoms with Crippen LogP contribution in [0.15, 0.2) is 18.2 Å². The minimum atomic E-state index is -0.0550. The zero-order chi connectivity index (χ0) is 12.1. The smallest absolute Gasteiger partial charge is 0.270 e. The number of nitrogens with zero attached hydrogens (tertiary/aromatic N) is 1. The molecule has 0 aromatic carbocycles. The normalized spacial score (nSPS) is 20.6. The number of hydrogen-bond donors (Lipinski definition) is 2. The molecule has 1 fully saturated rings. The molecule has 1 aliphatic heterocycles. The maximum atomic E-state index is 12.0. The van der Waals surface area contributed by atoms with Gasteiger partial charge in [0.25, 0.3) is 5.91 Å². The fourth-order valence-electron chi connectivity index (χ4n) is 2.09. The van der Waals surface area contributed by atoms with Crippen LogP contribution < -0.4 is 10.6 Å². The van der Waals surface area contributed by atoms with E-state index in [9.17, 15) is 4.79 Å². The van der Waals surface area contributed by atoms with Crippen LogP contribution in [-0.4, -0.2) is 30.0 Å². The van der Waals surface area contributed by atoms with Gasteiger partial charge in [0.2, 0.25) is 0 Å². The maximum absolute atomic E-state index is 12.0. The van der Waals surface area contributed by atoms with Crippen molar-refractivity contribution in [2.75, 3.05) is 13.1 Å². The average molecular weight is 233 g/mol. The van der Waals surface area contributed by atoms with Crippen molar-refractivity contribution in [2.24, 2.45) is 0 Å². The van der Waals surface area contributed by atoms with Crippen molar-refractivity contribution in [3.63, 3.8) is 0 Å². The molecule has 0 spiro atoms. The Hall–Kier alpha value is -1.42. The van der Waals surface area contributed by atoms with E-state index in [1.807, 2.05) is 19.1 Å². The van der Waals surface area contributed by atoms with Crippen LogP contribution in [0.5, 0.6) is 0 Å². The molecule has 4 heteroatoms. The van der Waals surface area contributed by atoms with Crippen molar-refractivity contribution in [3.8, 4) is 0 Å². The topological polar surface area (TPSA) is 54.0 Å². The average Bonchev–Trinajstić information content (AvgIpc) is 2.57. The Balaban J connectivity index is 1.96. The molecule has 17 heavy (non-hydrogen) atoms. The first kappa shape index (κ1) is 12.0. The van der Waals surface area contributed by atoms with Crippen molar-refractivity contribution in [3.05, 3.63) is 29.6 Å². The summed E-state index contributed by atoms with van der Waals surface area (Å²) < 4.78 is 0. The molecular weight excluding hydrogens is 214 g/mol. The summed E-state index contributed by atoms with van der Waals surface area (Å²) in [6, 6.07) is 5.80. The van der Waals surface area contributed by atoms with Crippen LogP contribution in [-0.2, 0) is 0 Å². The number of pyridine rings is 1. The summed E-state index contributed by atoms with van der Waals surface area (Å²) in [5.41, 5.74) is 1.39. The number of carbonyl (C=O) groups excluding carboxylic acids is 1. The molecule has 1 amide bonds. The Kier molecular flexibility index (Phi) is 4.09. The number of hydrogen-bond acceptors (Lipinski definition) is 3. The largest absolute Gasteiger partial charge is 0.348 e. The number of rotatable bonds is 2. The van der Waals surface area contributed by atoms with Gasteiger partial charge < -0.3 is 10.6 Å². The van der Waals surface area contributed by atoms with E-state index >= 15 is 0 Å². The van der Waals surface area contributed by atoms with E-state index < -0.39 is 0 Å². The van der Waals surface area contributed by atoms with E-state index in [0.717, 1.165) is 38.0 Å². The molecule has 0 saturated carbocycles. The second-order valence-electron chi connectivity index (χ2n) is 4.52. The quantitative estimate of drug-likeness (QED) is 0.808. The Labute approximate surface area is 102 Å². The van der Waals surface area contributed by atoms with Gasteiger partial charge in [0.1, 0.15) is 5.69 Å². The number of aryl methyl sites for hydroxylation is 1. The molecule has 92 valence electrons. The van der Waals surface area contributed by atoms with Crippen molar-refractivity contribution in [1.82, 2.24) is 15.6 Å². The molecule has 0 bridgehead atoms. The lowest BCUT2D eigenvalue weighted by Gasteiger charge is -2.15. The van der Waals surface area contributed by atoms with Gasteiger partial charge in [-0.3, -0.25) is 4.79 Å². The van der Waals surface area contributed by atoms with Gasteiger partial charge in [-0.05, 0) is 51.4 Å². The molecular formula is C13H19N3O. The van der Waals surface area contributed by atoms with Crippen LogP contribution >= 0.6 is 0 Å². The van der Waals surface area contributed by atoms with Crippen molar-refractivity contribution < 1.29 is 4.79 Å². The molecule has 2 heterocycles. The molecule has 0 aliphatic carbocycles.